The van der Waals surface area contributed by atoms with E-state index in [9.17, 15) is 0 Å². The van der Waals surface area contributed by atoms with Gasteiger partial charge in [-0.15, -0.1) is 0 Å². The summed E-state index contributed by atoms with van der Waals surface area (Å²) < 4.78 is 2.21. The first kappa shape index (κ1) is 15.2. The fourth-order valence-electron chi connectivity index (χ4n) is 2.19. The van der Waals surface area contributed by atoms with Gasteiger partial charge in [0.25, 0.3) is 0 Å². The molecule has 0 saturated heterocycles. The van der Waals surface area contributed by atoms with Gasteiger partial charge in [0.2, 0.25) is 0 Å². The van der Waals surface area contributed by atoms with E-state index in [-0.39, 0.29) is 5.41 Å². The van der Waals surface area contributed by atoms with Gasteiger partial charge in [-0.1, -0.05) is 20.8 Å². The van der Waals surface area contributed by atoms with Crippen LogP contribution in [0, 0.1) is 5.41 Å². The van der Waals surface area contributed by atoms with Crippen molar-refractivity contribution in [3.05, 3.63) is 18.2 Å². The van der Waals surface area contributed by atoms with Crippen LogP contribution in [-0.2, 0) is 13.1 Å². The highest BCUT2D eigenvalue weighted by Crippen LogP contribution is 2.17. The summed E-state index contributed by atoms with van der Waals surface area (Å²) in [4.78, 5) is 6.72. The molecule has 0 spiro atoms. The van der Waals surface area contributed by atoms with Crippen molar-refractivity contribution in [2.45, 2.75) is 47.2 Å². The van der Waals surface area contributed by atoms with E-state index in [4.69, 9.17) is 5.73 Å². The summed E-state index contributed by atoms with van der Waals surface area (Å²) in [6, 6.07) is 0. The quantitative estimate of drug-likeness (QED) is 0.771. The van der Waals surface area contributed by atoms with Gasteiger partial charge < -0.3 is 10.3 Å². The number of hydrogen-bond donors (Lipinski definition) is 1. The molecule has 0 atom stereocenters. The minimum atomic E-state index is 0.173. The Kier molecular flexibility index (Phi) is 5.82. The molecule has 0 aromatic carbocycles. The second-order valence-corrected chi connectivity index (χ2v) is 5.75. The van der Waals surface area contributed by atoms with E-state index >= 15 is 0 Å². The predicted octanol–water partition coefficient (Wildman–Crippen LogP) is 2.10. The molecule has 1 aromatic heterocycles. The molecule has 0 aliphatic carbocycles. The SMILES string of the molecule is CCCN(Cc1cncn1CC)CC(C)(C)CN. The van der Waals surface area contributed by atoms with E-state index in [0.29, 0.717) is 0 Å². The molecule has 1 rings (SSSR count). The lowest BCUT2D eigenvalue weighted by molar-refractivity contribution is 0.172. The van der Waals surface area contributed by atoms with Crippen molar-refractivity contribution in [1.82, 2.24) is 14.5 Å². The zero-order valence-corrected chi connectivity index (χ0v) is 12.3. The Balaban J connectivity index is 2.68. The molecule has 0 amide bonds. The molecule has 0 aliphatic heterocycles. The van der Waals surface area contributed by atoms with E-state index in [1.807, 2.05) is 12.5 Å². The molecular weight excluding hydrogens is 224 g/mol. The smallest absolute Gasteiger partial charge is 0.0948 e. The molecule has 104 valence electrons. The first-order chi connectivity index (χ1) is 8.52. The van der Waals surface area contributed by atoms with E-state index in [2.05, 4.69) is 42.1 Å². The lowest BCUT2D eigenvalue weighted by atomic mass is 9.93. The minimum Gasteiger partial charge on any atom is -0.334 e. The molecule has 4 heteroatoms. The molecule has 4 nitrogen and oxygen atoms in total. The number of aromatic nitrogens is 2. The molecule has 2 N–H and O–H groups in total. The first-order valence-corrected chi connectivity index (χ1v) is 6.93. The van der Waals surface area contributed by atoms with Crippen LogP contribution in [0.15, 0.2) is 12.5 Å². The summed E-state index contributed by atoms with van der Waals surface area (Å²) in [5.41, 5.74) is 7.30. The summed E-state index contributed by atoms with van der Waals surface area (Å²) >= 11 is 0. The third-order valence-corrected chi connectivity index (χ3v) is 3.27. The highest BCUT2D eigenvalue weighted by atomic mass is 15.2. The maximum atomic E-state index is 5.84. The van der Waals surface area contributed by atoms with Crippen LogP contribution in [0.2, 0.25) is 0 Å². The van der Waals surface area contributed by atoms with Gasteiger partial charge in [-0.05, 0) is 31.8 Å². The average molecular weight is 252 g/mol. The number of aryl methyl sites for hydroxylation is 1. The zero-order valence-electron chi connectivity index (χ0n) is 12.3. The van der Waals surface area contributed by atoms with Crippen molar-refractivity contribution in [1.29, 1.82) is 0 Å². The van der Waals surface area contributed by atoms with Crippen molar-refractivity contribution >= 4 is 0 Å². The summed E-state index contributed by atoms with van der Waals surface area (Å²) in [5.74, 6) is 0. The fraction of sp³-hybridized carbons (Fsp3) is 0.786. The number of nitrogens with two attached hydrogens (primary N) is 1. The Labute approximate surface area is 111 Å². The third kappa shape index (κ3) is 4.42. The normalized spacial score (nSPS) is 12.3. The second-order valence-electron chi connectivity index (χ2n) is 5.75. The van der Waals surface area contributed by atoms with Crippen LogP contribution in [0.25, 0.3) is 0 Å². The minimum absolute atomic E-state index is 0.173. The van der Waals surface area contributed by atoms with Gasteiger partial charge >= 0.3 is 0 Å². The van der Waals surface area contributed by atoms with Crippen LogP contribution < -0.4 is 5.73 Å². The largest absolute Gasteiger partial charge is 0.334 e. The van der Waals surface area contributed by atoms with Crippen molar-refractivity contribution in [2.75, 3.05) is 19.6 Å². The van der Waals surface area contributed by atoms with Crippen LogP contribution in [-0.4, -0.2) is 34.1 Å². The van der Waals surface area contributed by atoms with Crippen LogP contribution in [0.5, 0.6) is 0 Å². The lowest BCUT2D eigenvalue weighted by Gasteiger charge is -2.31. The topological polar surface area (TPSA) is 47.1 Å². The van der Waals surface area contributed by atoms with E-state index in [1.165, 1.54) is 12.1 Å². The van der Waals surface area contributed by atoms with Crippen LogP contribution in [0.4, 0.5) is 0 Å². The zero-order chi connectivity index (χ0) is 13.6. The standard InChI is InChI=1S/C14H28N4/c1-5-7-17(11-14(3,4)10-15)9-13-8-16-12-18(13)6-2/h8,12H,5-7,9-11,15H2,1-4H3. The van der Waals surface area contributed by atoms with E-state index in [0.717, 1.165) is 32.7 Å². The van der Waals surface area contributed by atoms with Crippen molar-refractivity contribution < 1.29 is 0 Å². The summed E-state index contributed by atoms with van der Waals surface area (Å²) in [7, 11) is 0. The second kappa shape index (κ2) is 6.90. The Morgan fingerprint density at radius 2 is 2.11 bits per heavy atom. The maximum absolute atomic E-state index is 5.84. The number of hydrogen-bond acceptors (Lipinski definition) is 3. The van der Waals surface area contributed by atoms with Gasteiger partial charge in [0.05, 0.1) is 12.0 Å². The summed E-state index contributed by atoms with van der Waals surface area (Å²) in [6.07, 6.45) is 5.05. The van der Waals surface area contributed by atoms with Crippen molar-refractivity contribution in [3.8, 4) is 0 Å². The first-order valence-electron chi connectivity index (χ1n) is 6.93. The van der Waals surface area contributed by atoms with Crippen LogP contribution >= 0.6 is 0 Å². The van der Waals surface area contributed by atoms with Gasteiger partial charge in [0.1, 0.15) is 0 Å². The Bertz CT molecular complexity index is 343. The third-order valence-electron chi connectivity index (χ3n) is 3.27. The summed E-state index contributed by atoms with van der Waals surface area (Å²) in [6.45, 7) is 13.6. The van der Waals surface area contributed by atoms with Gasteiger partial charge in [0, 0.05) is 25.8 Å². The number of imidazole rings is 1. The molecule has 0 radical (unpaired) electrons. The van der Waals surface area contributed by atoms with Crippen molar-refractivity contribution in [2.24, 2.45) is 11.1 Å². The summed E-state index contributed by atoms with van der Waals surface area (Å²) in [5, 5.41) is 0. The fourth-order valence-corrected chi connectivity index (χ4v) is 2.19. The highest BCUT2D eigenvalue weighted by molar-refractivity contribution is 4.98. The number of nitrogens with zero attached hydrogens (tertiary/aromatic N) is 3. The Morgan fingerprint density at radius 3 is 2.67 bits per heavy atom. The molecule has 0 aliphatic rings. The molecular formula is C14H28N4. The molecule has 1 heterocycles. The van der Waals surface area contributed by atoms with Gasteiger partial charge in [-0.3, -0.25) is 4.90 Å². The predicted molar refractivity (Wildman–Crippen MR) is 76.3 cm³/mol. The Morgan fingerprint density at radius 1 is 1.39 bits per heavy atom. The average Bonchev–Trinajstić information content (AvgIpc) is 2.76. The van der Waals surface area contributed by atoms with E-state index in [1.54, 1.807) is 0 Å². The monoisotopic (exact) mass is 252 g/mol. The number of rotatable bonds is 8. The molecule has 0 unspecified atom stereocenters. The van der Waals surface area contributed by atoms with E-state index < -0.39 is 0 Å². The molecule has 0 saturated carbocycles. The highest BCUT2D eigenvalue weighted by Gasteiger charge is 2.20. The van der Waals surface area contributed by atoms with Crippen LogP contribution in [0.1, 0.15) is 39.8 Å². The molecule has 1 aromatic rings. The lowest BCUT2D eigenvalue weighted by Crippen LogP contribution is -2.39. The van der Waals surface area contributed by atoms with Gasteiger partial charge in [0.15, 0.2) is 0 Å². The van der Waals surface area contributed by atoms with Gasteiger partial charge in [-0.25, -0.2) is 4.98 Å². The van der Waals surface area contributed by atoms with Crippen molar-refractivity contribution in [3.63, 3.8) is 0 Å². The maximum Gasteiger partial charge on any atom is 0.0948 e. The van der Waals surface area contributed by atoms with Crippen LogP contribution in [0.3, 0.4) is 0 Å². The molecule has 18 heavy (non-hydrogen) atoms. The van der Waals surface area contributed by atoms with Gasteiger partial charge in [-0.2, -0.15) is 0 Å². The molecule has 0 bridgehead atoms. The Hall–Kier alpha value is -0.870. The molecule has 0 fully saturated rings.